The molecule has 0 atom stereocenters. The first kappa shape index (κ1) is 11.4. The number of aromatic nitrogens is 2. The molecule has 0 spiro atoms. The van der Waals surface area contributed by atoms with Crippen molar-refractivity contribution >= 4 is 17.7 Å². The van der Waals surface area contributed by atoms with Crippen molar-refractivity contribution in [2.75, 3.05) is 42.5 Å². The van der Waals surface area contributed by atoms with Gasteiger partial charge in [-0.05, 0) is 6.92 Å². The third-order valence-corrected chi connectivity index (χ3v) is 3.44. The molecular weight excluding hydrogens is 230 g/mol. The van der Waals surface area contributed by atoms with Crippen molar-refractivity contribution in [3.63, 3.8) is 0 Å². The molecule has 3 rings (SSSR count). The number of hydrogen-bond donors (Lipinski definition) is 1. The Hall–Kier alpha value is -1.69. The lowest BCUT2D eigenvalue weighted by Gasteiger charge is -2.27. The molecule has 1 fully saturated rings. The second kappa shape index (κ2) is 4.53. The summed E-state index contributed by atoms with van der Waals surface area (Å²) in [5, 5.41) is 3.30. The summed E-state index contributed by atoms with van der Waals surface area (Å²) in [6.45, 7) is 6.38. The molecule has 1 N–H and O–H groups in total. The lowest BCUT2D eigenvalue weighted by molar-refractivity contribution is -0.117. The molecule has 96 valence electrons. The second-order valence-electron chi connectivity index (χ2n) is 4.57. The van der Waals surface area contributed by atoms with Gasteiger partial charge in [0.25, 0.3) is 0 Å². The molecule has 0 bridgehead atoms. The Balaban J connectivity index is 1.91. The SMILES string of the molecule is CCN1C(=O)Cc2cnc(N3CCNCC3)nc21. The predicted molar refractivity (Wildman–Crippen MR) is 68.8 cm³/mol. The first-order chi connectivity index (χ1) is 8.79. The Labute approximate surface area is 106 Å². The quantitative estimate of drug-likeness (QED) is 0.784. The molecule has 2 aliphatic heterocycles. The van der Waals surface area contributed by atoms with Crippen LogP contribution in [-0.2, 0) is 11.2 Å². The fraction of sp³-hybridized carbons (Fsp3) is 0.583. The van der Waals surface area contributed by atoms with Crippen LogP contribution in [0.3, 0.4) is 0 Å². The van der Waals surface area contributed by atoms with E-state index in [1.165, 1.54) is 0 Å². The average molecular weight is 247 g/mol. The highest BCUT2D eigenvalue weighted by Crippen LogP contribution is 2.27. The maximum absolute atomic E-state index is 11.8. The first-order valence-electron chi connectivity index (χ1n) is 6.41. The highest BCUT2D eigenvalue weighted by molar-refractivity contribution is 6.00. The lowest BCUT2D eigenvalue weighted by atomic mass is 10.3. The standard InChI is InChI=1S/C12H17N5O/c1-2-17-10(18)7-9-8-14-12(15-11(9)17)16-5-3-13-4-6-16/h8,13H,2-7H2,1H3. The van der Waals surface area contributed by atoms with Gasteiger partial charge in [0.1, 0.15) is 5.82 Å². The number of nitrogens with zero attached hydrogens (tertiary/aromatic N) is 4. The molecule has 1 saturated heterocycles. The number of amides is 1. The van der Waals surface area contributed by atoms with E-state index in [0.29, 0.717) is 13.0 Å². The zero-order valence-electron chi connectivity index (χ0n) is 10.5. The molecular formula is C12H17N5O. The summed E-state index contributed by atoms with van der Waals surface area (Å²) in [6.07, 6.45) is 2.23. The van der Waals surface area contributed by atoms with Crippen LogP contribution in [0.15, 0.2) is 6.20 Å². The molecule has 1 amide bonds. The largest absolute Gasteiger partial charge is 0.338 e. The highest BCUT2D eigenvalue weighted by atomic mass is 16.2. The topological polar surface area (TPSA) is 61.4 Å². The van der Waals surface area contributed by atoms with E-state index in [1.807, 2.05) is 6.92 Å². The van der Waals surface area contributed by atoms with Gasteiger partial charge in [-0.15, -0.1) is 0 Å². The Morgan fingerprint density at radius 3 is 2.89 bits per heavy atom. The van der Waals surface area contributed by atoms with E-state index in [-0.39, 0.29) is 5.91 Å². The van der Waals surface area contributed by atoms with Crippen LogP contribution < -0.4 is 15.1 Å². The fourth-order valence-electron chi connectivity index (χ4n) is 2.47. The van der Waals surface area contributed by atoms with Crippen LogP contribution in [0, 0.1) is 0 Å². The Bertz CT molecular complexity index is 470. The molecule has 6 heteroatoms. The van der Waals surface area contributed by atoms with E-state index in [9.17, 15) is 4.79 Å². The second-order valence-corrected chi connectivity index (χ2v) is 4.57. The van der Waals surface area contributed by atoms with Gasteiger partial charge in [0.05, 0.1) is 6.42 Å². The minimum Gasteiger partial charge on any atom is -0.338 e. The fourth-order valence-corrected chi connectivity index (χ4v) is 2.47. The third-order valence-electron chi connectivity index (χ3n) is 3.44. The summed E-state index contributed by atoms with van der Waals surface area (Å²) in [5.41, 5.74) is 0.945. The van der Waals surface area contributed by atoms with Crippen molar-refractivity contribution in [1.82, 2.24) is 15.3 Å². The summed E-state index contributed by atoms with van der Waals surface area (Å²) in [6, 6.07) is 0. The number of anilines is 2. The first-order valence-corrected chi connectivity index (χ1v) is 6.41. The number of piperazine rings is 1. The third kappa shape index (κ3) is 1.82. The zero-order valence-corrected chi connectivity index (χ0v) is 10.5. The maximum Gasteiger partial charge on any atom is 0.232 e. The van der Waals surface area contributed by atoms with E-state index >= 15 is 0 Å². The normalized spacial score (nSPS) is 19.3. The van der Waals surface area contributed by atoms with Crippen molar-refractivity contribution < 1.29 is 4.79 Å². The van der Waals surface area contributed by atoms with Gasteiger partial charge in [0.2, 0.25) is 11.9 Å². The Kier molecular flexibility index (Phi) is 2.87. The molecule has 3 heterocycles. The van der Waals surface area contributed by atoms with Crippen LogP contribution in [0.1, 0.15) is 12.5 Å². The summed E-state index contributed by atoms with van der Waals surface area (Å²) < 4.78 is 0. The molecule has 0 unspecified atom stereocenters. The van der Waals surface area contributed by atoms with Gasteiger partial charge in [0, 0.05) is 44.5 Å². The van der Waals surface area contributed by atoms with Crippen LogP contribution in [-0.4, -0.2) is 48.6 Å². The lowest BCUT2D eigenvalue weighted by Crippen LogP contribution is -2.44. The zero-order chi connectivity index (χ0) is 12.5. The number of carbonyl (C=O) groups excluding carboxylic acids is 1. The van der Waals surface area contributed by atoms with Crippen molar-refractivity contribution in [3.05, 3.63) is 11.8 Å². The van der Waals surface area contributed by atoms with Crippen molar-refractivity contribution in [2.45, 2.75) is 13.3 Å². The summed E-state index contributed by atoms with van der Waals surface area (Å²) >= 11 is 0. The van der Waals surface area contributed by atoms with Gasteiger partial charge in [0.15, 0.2) is 0 Å². The van der Waals surface area contributed by atoms with Crippen LogP contribution in [0.2, 0.25) is 0 Å². The molecule has 1 aromatic rings. The average Bonchev–Trinajstić information content (AvgIpc) is 2.74. The monoisotopic (exact) mass is 247 g/mol. The number of carbonyl (C=O) groups is 1. The highest BCUT2D eigenvalue weighted by Gasteiger charge is 2.29. The molecule has 1 aromatic heterocycles. The number of nitrogens with one attached hydrogen (secondary N) is 1. The minimum atomic E-state index is 0.124. The molecule has 0 aliphatic carbocycles. The van der Waals surface area contributed by atoms with Crippen molar-refractivity contribution in [3.8, 4) is 0 Å². The number of fused-ring (bicyclic) bond motifs is 1. The van der Waals surface area contributed by atoms with Crippen molar-refractivity contribution in [1.29, 1.82) is 0 Å². The molecule has 0 radical (unpaired) electrons. The number of hydrogen-bond acceptors (Lipinski definition) is 5. The van der Waals surface area contributed by atoms with Gasteiger partial charge >= 0.3 is 0 Å². The summed E-state index contributed by atoms with van der Waals surface area (Å²) in [5.74, 6) is 1.66. The minimum absolute atomic E-state index is 0.124. The number of likely N-dealkylation sites (N-methyl/N-ethyl adjacent to an activating group) is 1. The van der Waals surface area contributed by atoms with Crippen LogP contribution in [0.25, 0.3) is 0 Å². The molecule has 18 heavy (non-hydrogen) atoms. The van der Waals surface area contributed by atoms with Crippen LogP contribution >= 0.6 is 0 Å². The van der Waals surface area contributed by atoms with E-state index in [0.717, 1.165) is 43.5 Å². The molecule has 0 aromatic carbocycles. The Morgan fingerprint density at radius 2 is 2.17 bits per heavy atom. The van der Waals surface area contributed by atoms with Crippen LogP contribution in [0.4, 0.5) is 11.8 Å². The van der Waals surface area contributed by atoms with Crippen LogP contribution in [0.5, 0.6) is 0 Å². The van der Waals surface area contributed by atoms with Gasteiger partial charge in [-0.1, -0.05) is 0 Å². The van der Waals surface area contributed by atoms with E-state index < -0.39 is 0 Å². The van der Waals surface area contributed by atoms with E-state index in [2.05, 4.69) is 20.2 Å². The summed E-state index contributed by atoms with van der Waals surface area (Å²) in [4.78, 5) is 24.6. The van der Waals surface area contributed by atoms with Gasteiger partial charge in [-0.25, -0.2) is 4.98 Å². The summed E-state index contributed by atoms with van der Waals surface area (Å²) in [7, 11) is 0. The van der Waals surface area contributed by atoms with E-state index in [1.54, 1.807) is 11.1 Å². The number of rotatable bonds is 2. The molecule has 0 saturated carbocycles. The predicted octanol–water partition coefficient (Wildman–Crippen LogP) is -0.205. The molecule has 6 nitrogen and oxygen atoms in total. The van der Waals surface area contributed by atoms with E-state index in [4.69, 9.17) is 0 Å². The van der Waals surface area contributed by atoms with Gasteiger partial charge in [-0.2, -0.15) is 4.98 Å². The van der Waals surface area contributed by atoms with Gasteiger partial charge in [-0.3, -0.25) is 9.69 Å². The molecule has 2 aliphatic rings. The Morgan fingerprint density at radius 1 is 1.39 bits per heavy atom. The van der Waals surface area contributed by atoms with Crippen molar-refractivity contribution in [2.24, 2.45) is 0 Å². The maximum atomic E-state index is 11.8. The van der Waals surface area contributed by atoms with Gasteiger partial charge < -0.3 is 10.2 Å². The smallest absolute Gasteiger partial charge is 0.232 e.